The number of hydrogen-bond donors (Lipinski definition) is 2. The molecule has 3 heterocycles. The highest BCUT2D eigenvalue weighted by molar-refractivity contribution is 7.19. The van der Waals surface area contributed by atoms with E-state index in [1.807, 2.05) is 85.8 Å². The van der Waals surface area contributed by atoms with Crippen molar-refractivity contribution in [3.63, 3.8) is 0 Å². The Morgan fingerprint density at radius 2 is 1.76 bits per heavy atom. The summed E-state index contributed by atoms with van der Waals surface area (Å²) in [7, 11) is 0. The van der Waals surface area contributed by atoms with E-state index in [0.29, 0.717) is 29.4 Å². The van der Waals surface area contributed by atoms with Crippen LogP contribution in [0.15, 0.2) is 83.3 Å². The summed E-state index contributed by atoms with van der Waals surface area (Å²) in [4.78, 5) is 44.5. The van der Waals surface area contributed by atoms with Crippen molar-refractivity contribution in [1.29, 1.82) is 0 Å². The van der Waals surface area contributed by atoms with Gasteiger partial charge in [0, 0.05) is 28.0 Å². The zero-order valence-corrected chi connectivity index (χ0v) is 25.8. The molecule has 0 unspecified atom stereocenters. The molecule has 3 atom stereocenters. The molecule has 0 saturated carbocycles. The topological polar surface area (TPSA) is 139 Å². The molecule has 6 rings (SSSR count). The van der Waals surface area contributed by atoms with Crippen LogP contribution in [-0.4, -0.2) is 50.8 Å². The number of thiophene rings is 1. The van der Waals surface area contributed by atoms with Crippen molar-refractivity contribution in [2.75, 3.05) is 6.79 Å². The summed E-state index contributed by atoms with van der Waals surface area (Å²) in [5, 5.41) is 20.1. The van der Waals surface area contributed by atoms with Crippen LogP contribution >= 0.6 is 11.3 Å². The second-order valence-electron chi connectivity index (χ2n) is 11.2. The van der Waals surface area contributed by atoms with Gasteiger partial charge in [0.25, 0.3) is 0 Å². The van der Waals surface area contributed by atoms with Crippen molar-refractivity contribution in [1.82, 2.24) is 9.88 Å². The number of carbonyl (C=O) groups is 3. The summed E-state index contributed by atoms with van der Waals surface area (Å²) in [5.74, 6) is -2.96. The van der Waals surface area contributed by atoms with E-state index >= 15 is 0 Å². The van der Waals surface area contributed by atoms with Gasteiger partial charge in [-0.1, -0.05) is 42.5 Å². The van der Waals surface area contributed by atoms with Gasteiger partial charge in [-0.05, 0) is 66.8 Å². The van der Waals surface area contributed by atoms with Crippen LogP contribution < -0.4 is 9.47 Å². The maximum absolute atomic E-state index is 14.0. The van der Waals surface area contributed by atoms with Gasteiger partial charge < -0.3 is 29.0 Å². The van der Waals surface area contributed by atoms with Crippen LogP contribution in [0.1, 0.15) is 48.4 Å². The molecule has 0 saturated heterocycles. The van der Waals surface area contributed by atoms with E-state index in [0.717, 1.165) is 26.0 Å². The molecule has 5 aromatic rings. The highest BCUT2D eigenvalue weighted by Crippen LogP contribution is 2.38. The monoisotopic (exact) mass is 640 g/mol. The van der Waals surface area contributed by atoms with E-state index in [2.05, 4.69) is 4.98 Å². The highest BCUT2D eigenvalue weighted by Gasteiger charge is 2.33. The normalized spacial score (nSPS) is 14.5. The Bertz CT molecular complexity index is 1860. The zero-order valence-electron chi connectivity index (χ0n) is 25.0. The minimum absolute atomic E-state index is 0.118. The molecule has 0 aliphatic carbocycles. The minimum atomic E-state index is -1.36. The van der Waals surface area contributed by atoms with Crippen LogP contribution in [0.4, 0.5) is 0 Å². The van der Waals surface area contributed by atoms with Crippen molar-refractivity contribution in [3.8, 4) is 11.5 Å². The number of aliphatic carboxylic acids is 2. The molecule has 11 heteroatoms. The van der Waals surface area contributed by atoms with Gasteiger partial charge in [-0.3, -0.25) is 14.4 Å². The number of para-hydroxylation sites is 2. The second-order valence-corrected chi connectivity index (χ2v) is 12.4. The maximum atomic E-state index is 14.0. The first-order valence-corrected chi connectivity index (χ1v) is 15.7. The van der Waals surface area contributed by atoms with Crippen molar-refractivity contribution in [2.45, 2.75) is 44.7 Å². The number of carbonyl (C=O) groups excluding carboxylic acids is 1. The Morgan fingerprint density at radius 1 is 0.978 bits per heavy atom. The molecule has 1 amide bonds. The number of aromatic nitrogens is 1. The number of fused-ring (bicyclic) bond motifs is 3. The summed E-state index contributed by atoms with van der Waals surface area (Å²) >= 11 is 1.56. The lowest BCUT2D eigenvalue weighted by molar-refractivity contribution is -0.151. The number of nitrogens with zero attached hydrogens (tertiary/aromatic N) is 2. The van der Waals surface area contributed by atoms with Crippen molar-refractivity contribution in [2.24, 2.45) is 5.92 Å². The van der Waals surface area contributed by atoms with E-state index in [4.69, 9.17) is 13.9 Å². The third-order valence-corrected chi connectivity index (χ3v) is 9.27. The molecule has 0 radical (unpaired) electrons. The van der Waals surface area contributed by atoms with Gasteiger partial charge in [0.05, 0.1) is 18.9 Å². The molecule has 46 heavy (non-hydrogen) atoms. The SMILES string of the molecule is C[C@H]([C@H](C/C=C/c1nc2ccccc2o1)c1ccc2c(c1)OCO2)N(Cc1cc2ccccc2s1)C(=O)C[C@H](CC(=O)O)C(=O)O. The van der Waals surface area contributed by atoms with Crippen LogP contribution in [0.25, 0.3) is 27.3 Å². The molecule has 236 valence electrons. The van der Waals surface area contributed by atoms with Crippen LogP contribution in [0, 0.1) is 5.92 Å². The van der Waals surface area contributed by atoms with Crippen molar-refractivity contribution < 1.29 is 38.5 Å². The van der Waals surface area contributed by atoms with Gasteiger partial charge >= 0.3 is 11.9 Å². The van der Waals surface area contributed by atoms with Crippen molar-refractivity contribution in [3.05, 3.63) is 95.2 Å². The molecule has 3 aromatic carbocycles. The fraction of sp³-hybridized carbons (Fsp3) is 0.257. The predicted molar refractivity (Wildman–Crippen MR) is 173 cm³/mol. The Hall–Kier alpha value is -5.16. The van der Waals surface area contributed by atoms with Crippen molar-refractivity contribution >= 4 is 56.4 Å². The maximum Gasteiger partial charge on any atom is 0.307 e. The van der Waals surface area contributed by atoms with E-state index in [9.17, 15) is 24.6 Å². The first-order chi connectivity index (χ1) is 22.2. The summed E-state index contributed by atoms with van der Waals surface area (Å²) in [6, 6.07) is 22.7. The number of amides is 1. The van der Waals surface area contributed by atoms with Gasteiger partial charge in [-0.2, -0.15) is 0 Å². The Labute approximate surface area is 268 Å². The molecule has 0 fully saturated rings. The molecule has 2 N–H and O–H groups in total. The zero-order chi connectivity index (χ0) is 32.2. The van der Waals surface area contributed by atoms with Crippen LogP contribution in [-0.2, 0) is 20.9 Å². The molecule has 0 bridgehead atoms. The number of oxazole rings is 1. The van der Waals surface area contributed by atoms with E-state index in [-0.39, 0.29) is 19.3 Å². The molecular formula is C35H32N2O8S. The van der Waals surface area contributed by atoms with Gasteiger partial charge in [-0.15, -0.1) is 11.3 Å². The molecule has 2 aromatic heterocycles. The van der Waals surface area contributed by atoms with Crippen LogP contribution in [0.5, 0.6) is 11.5 Å². The Morgan fingerprint density at radius 3 is 2.54 bits per heavy atom. The number of carboxylic acids is 2. The molecular weight excluding hydrogens is 608 g/mol. The first-order valence-electron chi connectivity index (χ1n) is 14.9. The first kappa shape index (κ1) is 30.8. The number of carboxylic acid groups (broad SMARTS) is 2. The lowest BCUT2D eigenvalue weighted by Crippen LogP contribution is -2.42. The highest BCUT2D eigenvalue weighted by atomic mass is 32.1. The third kappa shape index (κ3) is 6.89. The number of benzene rings is 3. The summed E-state index contributed by atoms with van der Waals surface area (Å²) in [6.45, 7) is 2.28. The molecule has 0 spiro atoms. The molecule has 10 nitrogen and oxygen atoms in total. The van der Waals surface area contributed by atoms with Crippen LogP contribution in [0.3, 0.4) is 0 Å². The van der Waals surface area contributed by atoms with Gasteiger partial charge in [0.1, 0.15) is 5.52 Å². The molecule has 1 aliphatic heterocycles. The van der Waals surface area contributed by atoms with E-state index in [1.165, 1.54) is 0 Å². The standard InChI is InChI=1S/C35H32N2O8S/c1-21(37(33(38)17-24(35(41)42)18-34(39)40)19-25-15-23-7-2-5-11-31(23)46-25)26(22-13-14-29-30(16-22)44-20-43-29)8-6-12-32-36-27-9-3-4-10-28(27)45-32/h2-7,9-16,21,24,26H,8,17-20H2,1H3,(H,39,40)(H,41,42)/b12-6+/t21-,24-,26+/m1/s1. The van der Waals surface area contributed by atoms with Gasteiger partial charge in [0.2, 0.25) is 18.6 Å². The van der Waals surface area contributed by atoms with Gasteiger partial charge in [0.15, 0.2) is 17.1 Å². The average Bonchev–Trinajstić information content (AvgIpc) is 3.78. The Balaban J connectivity index is 1.34. The minimum Gasteiger partial charge on any atom is -0.481 e. The molecule has 1 aliphatic rings. The summed E-state index contributed by atoms with van der Waals surface area (Å²) < 4.78 is 18.1. The second kappa shape index (κ2) is 13.5. The number of ether oxygens (including phenoxy) is 2. The predicted octanol–water partition coefficient (Wildman–Crippen LogP) is 6.94. The lowest BCUT2D eigenvalue weighted by Gasteiger charge is -2.35. The van der Waals surface area contributed by atoms with Crippen LogP contribution in [0.2, 0.25) is 0 Å². The fourth-order valence-corrected chi connectivity index (χ4v) is 6.84. The third-order valence-electron chi connectivity index (χ3n) is 8.17. The van der Waals surface area contributed by atoms with E-state index < -0.39 is 42.6 Å². The largest absolute Gasteiger partial charge is 0.481 e. The van der Waals surface area contributed by atoms with E-state index in [1.54, 1.807) is 22.3 Å². The number of hydrogen-bond acceptors (Lipinski definition) is 8. The number of allylic oxidation sites excluding steroid dienone is 1. The summed E-state index contributed by atoms with van der Waals surface area (Å²) in [5.41, 5.74) is 2.32. The summed E-state index contributed by atoms with van der Waals surface area (Å²) in [6.07, 6.45) is 3.14. The average molecular weight is 641 g/mol. The smallest absolute Gasteiger partial charge is 0.307 e. The van der Waals surface area contributed by atoms with Gasteiger partial charge in [-0.25, -0.2) is 4.98 Å². The fourth-order valence-electron chi connectivity index (χ4n) is 5.78. The quantitative estimate of drug-likeness (QED) is 0.140. The lowest BCUT2D eigenvalue weighted by atomic mass is 9.87. The number of rotatable bonds is 13. The Kier molecular flexibility index (Phi) is 9.02.